The molecule has 2 aromatic carbocycles. The molecule has 0 bridgehead atoms. The van der Waals surface area contributed by atoms with Crippen LogP contribution >= 0.6 is 11.3 Å². The zero-order chi connectivity index (χ0) is 22.7. The summed E-state index contributed by atoms with van der Waals surface area (Å²) in [6.45, 7) is 6.33. The van der Waals surface area contributed by atoms with Gasteiger partial charge in [0.2, 0.25) is 0 Å². The van der Waals surface area contributed by atoms with Gasteiger partial charge in [0, 0.05) is 34.8 Å². The fraction of sp³-hybridized carbons (Fsp3) is 0.320. The highest BCUT2D eigenvalue weighted by molar-refractivity contribution is 7.09. The van der Waals surface area contributed by atoms with E-state index in [4.69, 9.17) is 4.74 Å². The van der Waals surface area contributed by atoms with E-state index in [9.17, 15) is 9.59 Å². The Bertz CT molecular complexity index is 1200. The van der Waals surface area contributed by atoms with Gasteiger partial charge in [-0.2, -0.15) is 4.99 Å². The van der Waals surface area contributed by atoms with Crippen LogP contribution in [0.4, 0.5) is 0 Å². The fourth-order valence-corrected chi connectivity index (χ4v) is 4.79. The molecule has 0 saturated carbocycles. The van der Waals surface area contributed by atoms with E-state index in [0.717, 1.165) is 47.6 Å². The third-order valence-electron chi connectivity index (χ3n) is 5.84. The molecule has 0 aliphatic carbocycles. The van der Waals surface area contributed by atoms with Gasteiger partial charge < -0.3 is 14.2 Å². The molecule has 0 atom stereocenters. The van der Waals surface area contributed by atoms with Gasteiger partial charge >= 0.3 is 0 Å². The largest absolute Gasteiger partial charge is 0.497 e. The number of ether oxygens (including phenoxy) is 1. The molecule has 1 aliphatic heterocycles. The lowest BCUT2D eigenvalue weighted by molar-refractivity contribution is 0.0792. The van der Waals surface area contributed by atoms with Crippen LogP contribution in [0.15, 0.2) is 53.5 Å². The number of likely N-dealkylation sites (tertiary alicyclic amines) is 1. The molecule has 6 nitrogen and oxygen atoms in total. The van der Waals surface area contributed by atoms with E-state index < -0.39 is 0 Å². The van der Waals surface area contributed by atoms with Crippen molar-refractivity contribution in [2.45, 2.75) is 33.2 Å². The molecule has 4 rings (SSSR count). The third kappa shape index (κ3) is 4.67. The molecule has 2 amide bonds. The predicted molar refractivity (Wildman–Crippen MR) is 125 cm³/mol. The number of hydrogen-bond donors (Lipinski definition) is 0. The Morgan fingerprint density at radius 2 is 1.75 bits per heavy atom. The van der Waals surface area contributed by atoms with Crippen molar-refractivity contribution in [2.24, 2.45) is 4.99 Å². The van der Waals surface area contributed by atoms with Crippen LogP contribution in [0, 0.1) is 13.8 Å². The maximum absolute atomic E-state index is 12.8. The van der Waals surface area contributed by atoms with Gasteiger partial charge in [-0.05, 0) is 62.6 Å². The van der Waals surface area contributed by atoms with Crippen LogP contribution in [0.5, 0.6) is 5.75 Å². The molecule has 7 heteroatoms. The Labute approximate surface area is 191 Å². The average molecular weight is 450 g/mol. The van der Waals surface area contributed by atoms with Crippen LogP contribution in [-0.2, 0) is 6.54 Å². The summed E-state index contributed by atoms with van der Waals surface area (Å²) in [5.41, 5.74) is 3.34. The van der Waals surface area contributed by atoms with E-state index in [0.29, 0.717) is 22.7 Å². The Balaban J connectivity index is 1.58. The number of methoxy groups -OCH3 is 1. The average Bonchev–Trinajstić information content (AvgIpc) is 3.44. The van der Waals surface area contributed by atoms with Crippen molar-refractivity contribution in [1.82, 2.24) is 9.47 Å². The van der Waals surface area contributed by atoms with Gasteiger partial charge in [0.25, 0.3) is 11.8 Å². The molecule has 32 heavy (non-hydrogen) atoms. The summed E-state index contributed by atoms with van der Waals surface area (Å²) >= 11 is 1.50. The topological polar surface area (TPSA) is 63.9 Å². The van der Waals surface area contributed by atoms with E-state index in [1.165, 1.54) is 11.3 Å². The standard InChI is InChI=1S/C25H27N3O3S/c1-17-18(2)32-25(26-23(29)21-7-6-8-22(15-21)31-3)28(17)16-19-9-11-20(12-10-19)24(30)27-13-4-5-14-27/h6-12,15H,4-5,13-14,16H2,1-3H3. The maximum Gasteiger partial charge on any atom is 0.279 e. The Kier molecular flexibility index (Phi) is 6.55. The van der Waals surface area contributed by atoms with E-state index in [-0.39, 0.29) is 11.8 Å². The maximum atomic E-state index is 12.8. The number of thiazole rings is 1. The first-order valence-electron chi connectivity index (χ1n) is 10.7. The number of benzene rings is 2. The van der Waals surface area contributed by atoms with Gasteiger partial charge in [-0.1, -0.05) is 18.2 Å². The Morgan fingerprint density at radius 1 is 1.03 bits per heavy atom. The van der Waals surface area contributed by atoms with Crippen LogP contribution in [-0.4, -0.2) is 41.5 Å². The SMILES string of the molecule is COc1cccc(C(=O)N=c2sc(C)c(C)n2Cc2ccc(C(=O)N3CCCC3)cc2)c1. The molecule has 166 valence electrons. The summed E-state index contributed by atoms with van der Waals surface area (Å²) in [4.78, 5) is 33.5. The second-order valence-corrected chi connectivity index (χ2v) is 9.14. The van der Waals surface area contributed by atoms with E-state index in [1.54, 1.807) is 31.4 Å². The lowest BCUT2D eigenvalue weighted by atomic mass is 10.1. The first-order valence-corrected chi connectivity index (χ1v) is 11.6. The molecule has 0 N–H and O–H groups in total. The van der Waals surface area contributed by atoms with Crippen molar-refractivity contribution < 1.29 is 14.3 Å². The van der Waals surface area contributed by atoms with Gasteiger partial charge in [-0.15, -0.1) is 11.3 Å². The lowest BCUT2D eigenvalue weighted by Gasteiger charge is -2.15. The molecule has 3 aromatic rings. The second kappa shape index (κ2) is 9.53. The van der Waals surface area contributed by atoms with Gasteiger partial charge in [0.05, 0.1) is 13.7 Å². The quantitative estimate of drug-likeness (QED) is 0.586. The number of nitrogens with zero attached hydrogens (tertiary/aromatic N) is 3. The summed E-state index contributed by atoms with van der Waals surface area (Å²) in [6, 6.07) is 14.8. The van der Waals surface area contributed by atoms with Crippen molar-refractivity contribution in [3.63, 3.8) is 0 Å². The third-order valence-corrected chi connectivity index (χ3v) is 6.93. The van der Waals surface area contributed by atoms with Crippen LogP contribution in [0.2, 0.25) is 0 Å². The first-order chi connectivity index (χ1) is 15.5. The summed E-state index contributed by atoms with van der Waals surface area (Å²) in [6.07, 6.45) is 2.16. The highest BCUT2D eigenvalue weighted by Gasteiger charge is 2.19. The Hall–Kier alpha value is -3.19. The normalized spacial score (nSPS) is 14.1. The highest BCUT2D eigenvalue weighted by Crippen LogP contribution is 2.17. The number of carbonyl (C=O) groups excluding carboxylic acids is 2. The van der Waals surface area contributed by atoms with E-state index >= 15 is 0 Å². The van der Waals surface area contributed by atoms with Gasteiger partial charge in [0.1, 0.15) is 5.75 Å². The molecule has 1 aromatic heterocycles. The van der Waals surface area contributed by atoms with Crippen LogP contribution in [0.1, 0.15) is 49.7 Å². The van der Waals surface area contributed by atoms with Crippen molar-refractivity contribution in [2.75, 3.05) is 20.2 Å². The number of aromatic nitrogens is 1. The van der Waals surface area contributed by atoms with Crippen LogP contribution in [0.25, 0.3) is 0 Å². The van der Waals surface area contributed by atoms with Gasteiger partial charge in [-0.3, -0.25) is 9.59 Å². The fourth-order valence-electron chi connectivity index (χ4n) is 3.81. The summed E-state index contributed by atoms with van der Waals surface area (Å²) in [5.74, 6) is 0.426. The van der Waals surface area contributed by atoms with Crippen LogP contribution < -0.4 is 9.54 Å². The van der Waals surface area contributed by atoms with E-state index in [1.807, 2.05) is 43.0 Å². The number of carbonyl (C=O) groups is 2. The minimum absolute atomic E-state index is 0.101. The highest BCUT2D eigenvalue weighted by atomic mass is 32.1. The summed E-state index contributed by atoms with van der Waals surface area (Å²) in [5, 5.41) is 0. The summed E-state index contributed by atoms with van der Waals surface area (Å²) in [7, 11) is 1.57. The van der Waals surface area contributed by atoms with Crippen molar-refractivity contribution in [3.8, 4) is 5.75 Å². The first kappa shape index (κ1) is 22.0. The number of rotatable bonds is 5. The predicted octanol–water partition coefficient (Wildman–Crippen LogP) is 4.20. The molecule has 1 fully saturated rings. The molecule has 0 unspecified atom stereocenters. The van der Waals surface area contributed by atoms with Crippen molar-refractivity contribution in [3.05, 3.63) is 80.6 Å². The minimum atomic E-state index is -0.301. The second-order valence-electron chi connectivity index (χ2n) is 7.96. The minimum Gasteiger partial charge on any atom is -0.497 e. The lowest BCUT2D eigenvalue weighted by Crippen LogP contribution is -2.27. The van der Waals surface area contributed by atoms with Crippen molar-refractivity contribution in [1.29, 1.82) is 0 Å². The molecule has 0 radical (unpaired) electrons. The molecular formula is C25H27N3O3S. The van der Waals surface area contributed by atoms with E-state index in [2.05, 4.69) is 9.56 Å². The number of aryl methyl sites for hydroxylation is 1. The zero-order valence-corrected chi connectivity index (χ0v) is 19.4. The summed E-state index contributed by atoms with van der Waals surface area (Å²) < 4.78 is 7.27. The van der Waals surface area contributed by atoms with Crippen molar-refractivity contribution >= 4 is 23.2 Å². The molecule has 0 spiro atoms. The van der Waals surface area contributed by atoms with Crippen LogP contribution in [0.3, 0.4) is 0 Å². The monoisotopic (exact) mass is 449 g/mol. The molecule has 1 saturated heterocycles. The number of hydrogen-bond acceptors (Lipinski definition) is 4. The molecule has 1 aliphatic rings. The van der Waals surface area contributed by atoms with Gasteiger partial charge in [-0.25, -0.2) is 0 Å². The molecular weight excluding hydrogens is 422 g/mol. The zero-order valence-electron chi connectivity index (χ0n) is 18.6. The van der Waals surface area contributed by atoms with Gasteiger partial charge in [0.15, 0.2) is 4.80 Å². The Morgan fingerprint density at radius 3 is 2.44 bits per heavy atom. The number of amides is 2. The molecule has 2 heterocycles. The smallest absolute Gasteiger partial charge is 0.279 e.